The second-order valence-corrected chi connectivity index (χ2v) is 7.02. The number of amides is 2. The van der Waals surface area contributed by atoms with Crippen molar-refractivity contribution in [2.45, 2.75) is 25.7 Å². The highest BCUT2D eigenvalue weighted by Crippen LogP contribution is 2.44. The van der Waals surface area contributed by atoms with E-state index in [2.05, 4.69) is 10.6 Å². The fourth-order valence-corrected chi connectivity index (χ4v) is 4.34. The zero-order valence-electron chi connectivity index (χ0n) is 13.6. The number of nitrogens with zero attached hydrogens (tertiary/aromatic N) is 2. The molecular formula is C16H28N4O2. The molecule has 22 heavy (non-hydrogen) atoms. The first-order chi connectivity index (χ1) is 10.6. The molecule has 2 atom stereocenters. The maximum absolute atomic E-state index is 13.0. The lowest BCUT2D eigenvalue weighted by molar-refractivity contribution is -0.148. The number of carbonyl (C=O) groups is 2. The molecule has 0 bridgehead atoms. The van der Waals surface area contributed by atoms with Crippen molar-refractivity contribution in [3.63, 3.8) is 0 Å². The lowest BCUT2D eigenvalue weighted by atomic mass is 9.67. The Morgan fingerprint density at radius 1 is 1.23 bits per heavy atom. The van der Waals surface area contributed by atoms with Crippen molar-refractivity contribution >= 4 is 11.8 Å². The van der Waals surface area contributed by atoms with Crippen LogP contribution in [0.25, 0.3) is 0 Å². The van der Waals surface area contributed by atoms with Crippen LogP contribution in [0.3, 0.4) is 0 Å². The maximum atomic E-state index is 13.0. The van der Waals surface area contributed by atoms with Crippen LogP contribution < -0.4 is 10.6 Å². The van der Waals surface area contributed by atoms with Crippen molar-refractivity contribution in [2.75, 3.05) is 52.9 Å². The van der Waals surface area contributed by atoms with Gasteiger partial charge in [-0.15, -0.1) is 0 Å². The Morgan fingerprint density at radius 3 is 2.77 bits per heavy atom. The number of hydrogen-bond acceptors (Lipinski definition) is 4. The first-order valence-corrected chi connectivity index (χ1v) is 8.58. The molecule has 2 aliphatic heterocycles. The van der Waals surface area contributed by atoms with E-state index in [4.69, 9.17) is 0 Å². The summed E-state index contributed by atoms with van der Waals surface area (Å²) >= 11 is 0. The Morgan fingerprint density at radius 2 is 2.00 bits per heavy atom. The summed E-state index contributed by atoms with van der Waals surface area (Å²) in [6.45, 7) is 5.13. The number of nitrogens with one attached hydrogen (secondary N) is 2. The molecule has 1 saturated carbocycles. The minimum absolute atomic E-state index is 0.0760. The first-order valence-electron chi connectivity index (χ1n) is 8.58. The quantitative estimate of drug-likeness (QED) is 0.748. The van der Waals surface area contributed by atoms with Gasteiger partial charge in [-0.25, -0.2) is 0 Å². The molecule has 3 fully saturated rings. The second kappa shape index (κ2) is 6.54. The molecule has 3 aliphatic rings. The van der Waals surface area contributed by atoms with E-state index in [0.29, 0.717) is 5.92 Å². The minimum atomic E-state index is -0.253. The number of rotatable bonds is 3. The van der Waals surface area contributed by atoms with Crippen LogP contribution in [-0.2, 0) is 9.59 Å². The summed E-state index contributed by atoms with van der Waals surface area (Å²) in [4.78, 5) is 28.9. The summed E-state index contributed by atoms with van der Waals surface area (Å²) in [5, 5.41) is 6.65. The molecule has 2 amide bonds. The summed E-state index contributed by atoms with van der Waals surface area (Å²) in [7, 11) is 1.79. The van der Waals surface area contributed by atoms with Crippen molar-refractivity contribution in [1.29, 1.82) is 0 Å². The number of piperazine rings is 1. The molecular weight excluding hydrogens is 280 g/mol. The van der Waals surface area contributed by atoms with Crippen LogP contribution in [0.1, 0.15) is 25.7 Å². The number of hydrogen-bond donors (Lipinski definition) is 2. The normalized spacial score (nSPS) is 31.7. The third-order valence-electron chi connectivity index (χ3n) is 5.65. The molecule has 0 aromatic rings. The van der Waals surface area contributed by atoms with E-state index in [0.717, 1.165) is 58.5 Å². The smallest absolute Gasteiger partial charge is 0.242 e. The van der Waals surface area contributed by atoms with E-state index in [1.807, 2.05) is 4.90 Å². The van der Waals surface area contributed by atoms with Crippen LogP contribution in [0.4, 0.5) is 0 Å². The monoisotopic (exact) mass is 308 g/mol. The Bertz CT molecular complexity index is 436. The Labute approximate surface area is 132 Å². The number of fused-ring (bicyclic) bond motifs is 1. The Hall–Kier alpha value is -1.14. The van der Waals surface area contributed by atoms with Gasteiger partial charge in [0, 0.05) is 39.8 Å². The van der Waals surface area contributed by atoms with Gasteiger partial charge < -0.3 is 20.4 Å². The van der Waals surface area contributed by atoms with Crippen molar-refractivity contribution in [2.24, 2.45) is 11.3 Å². The Balaban J connectivity index is 1.62. The van der Waals surface area contributed by atoms with Gasteiger partial charge in [0.25, 0.3) is 0 Å². The molecule has 0 radical (unpaired) electrons. The highest BCUT2D eigenvalue weighted by Gasteiger charge is 2.51. The second-order valence-electron chi connectivity index (χ2n) is 7.02. The van der Waals surface area contributed by atoms with Crippen LogP contribution in [0.15, 0.2) is 0 Å². The van der Waals surface area contributed by atoms with Gasteiger partial charge >= 0.3 is 0 Å². The summed E-state index contributed by atoms with van der Waals surface area (Å²) in [6, 6.07) is 0. The fraction of sp³-hybridized carbons (Fsp3) is 0.875. The average Bonchev–Trinajstić information content (AvgIpc) is 3.00. The summed E-state index contributed by atoms with van der Waals surface area (Å²) in [5.74, 6) is 0.697. The molecule has 6 nitrogen and oxygen atoms in total. The van der Waals surface area contributed by atoms with Gasteiger partial charge in [-0.2, -0.15) is 0 Å². The molecule has 3 rings (SSSR count). The van der Waals surface area contributed by atoms with E-state index in [1.165, 1.54) is 6.42 Å². The lowest BCUT2D eigenvalue weighted by Gasteiger charge is -2.40. The largest absolute Gasteiger partial charge is 0.339 e. The van der Waals surface area contributed by atoms with E-state index >= 15 is 0 Å². The van der Waals surface area contributed by atoms with Gasteiger partial charge in [-0.3, -0.25) is 9.59 Å². The van der Waals surface area contributed by atoms with Gasteiger partial charge in [-0.1, -0.05) is 12.8 Å². The molecule has 124 valence electrons. The molecule has 0 aromatic heterocycles. The van der Waals surface area contributed by atoms with E-state index in [-0.39, 0.29) is 23.8 Å². The van der Waals surface area contributed by atoms with Crippen LogP contribution in [-0.4, -0.2) is 74.5 Å². The molecule has 2 heterocycles. The average molecular weight is 308 g/mol. The van der Waals surface area contributed by atoms with E-state index in [9.17, 15) is 9.59 Å². The minimum Gasteiger partial charge on any atom is -0.339 e. The van der Waals surface area contributed by atoms with Crippen molar-refractivity contribution in [1.82, 2.24) is 20.4 Å². The van der Waals surface area contributed by atoms with E-state index < -0.39 is 0 Å². The highest BCUT2D eigenvalue weighted by atomic mass is 16.2. The summed E-state index contributed by atoms with van der Waals surface area (Å²) in [6.07, 6.45) is 4.46. The van der Waals surface area contributed by atoms with Gasteiger partial charge in [0.1, 0.15) is 0 Å². The zero-order chi connectivity index (χ0) is 15.6. The number of carbonyl (C=O) groups excluding carboxylic acids is 2. The topological polar surface area (TPSA) is 64.7 Å². The van der Waals surface area contributed by atoms with Gasteiger partial charge in [0.15, 0.2) is 0 Å². The van der Waals surface area contributed by atoms with E-state index in [1.54, 1.807) is 11.9 Å². The molecule has 0 aromatic carbocycles. The molecule has 2 N–H and O–H groups in total. The standard InChI is InChI=1S/C16H28N4O2/c1-19(11-14(21)20-8-6-17-7-9-20)15(22)16-5-3-2-4-13(16)10-18-12-16/h13,17-18H,2-12H2,1H3/t13-,16+/m0/s1. The van der Waals surface area contributed by atoms with Crippen molar-refractivity contribution in [3.05, 3.63) is 0 Å². The SMILES string of the molecule is CN(CC(=O)N1CCNCC1)C(=O)[C@@]12CCCC[C@H]1CNC2. The Kier molecular flexibility index (Phi) is 4.68. The molecule has 0 spiro atoms. The van der Waals surface area contributed by atoms with Crippen LogP contribution >= 0.6 is 0 Å². The highest BCUT2D eigenvalue weighted by molar-refractivity contribution is 5.88. The molecule has 2 saturated heterocycles. The first kappa shape index (κ1) is 15.7. The van der Waals surface area contributed by atoms with Crippen molar-refractivity contribution < 1.29 is 9.59 Å². The predicted octanol–water partition coefficient (Wildman–Crippen LogP) is -0.344. The fourth-order valence-electron chi connectivity index (χ4n) is 4.34. The van der Waals surface area contributed by atoms with Gasteiger partial charge in [-0.05, 0) is 25.3 Å². The van der Waals surface area contributed by atoms with Crippen LogP contribution in [0, 0.1) is 11.3 Å². The van der Waals surface area contributed by atoms with Crippen LogP contribution in [0.2, 0.25) is 0 Å². The molecule has 6 heteroatoms. The van der Waals surface area contributed by atoms with Gasteiger partial charge in [0.2, 0.25) is 11.8 Å². The molecule has 1 aliphatic carbocycles. The lowest BCUT2D eigenvalue weighted by Crippen LogP contribution is -2.53. The third-order valence-corrected chi connectivity index (χ3v) is 5.65. The summed E-state index contributed by atoms with van der Waals surface area (Å²) in [5.41, 5.74) is -0.253. The maximum Gasteiger partial charge on any atom is 0.242 e. The molecule has 0 unspecified atom stereocenters. The van der Waals surface area contributed by atoms with Gasteiger partial charge in [0.05, 0.1) is 12.0 Å². The zero-order valence-corrected chi connectivity index (χ0v) is 13.6. The summed E-state index contributed by atoms with van der Waals surface area (Å²) < 4.78 is 0. The third kappa shape index (κ3) is 2.86. The number of likely N-dealkylation sites (N-methyl/N-ethyl adjacent to an activating group) is 1. The van der Waals surface area contributed by atoms with Crippen molar-refractivity contribution in [3.8, 4) is 0 Å². The van der Waals surface area contributed by atoms with Crippen LogP contribution in [0.5, 0.6) is 0 Å². The predicted molar refractivity (Wildman–Crippen MR) is 84.3 cm³/mol.